The van der Waals surface area contributed by atoms with Crippen molar-refractivity contribution < 1.29 is 5.11 Å². The number of rotatable bonds is 2. The molecule has 0 heterocycles. The molecule has 2 heteroatoms. The Morgan fingerprint density at radius 1 is 1.36 bits per heavy atom. The van der Waals surface area contributed by atoms with E-state index in [1.807, 2.05) is 13.8 Å². The first-order chi connectivity index (χ1) is 4.85. The average Bonchev–Trinajstić information content (AvgIpc) is 2.38. The lowest BCUT2D eigenvalue weighted by molar-refractivity contribution is 0.0485. The first-order valence-electron chi connectivity index (χ1n) is 4.22. The lowest BCUT2D eigenvalue weighted by Gasteiger charge is -2.17. The van der Waals surface area contributed by atoms with E-state index in [0.717, 1.165) is 0 Å². The van der Waals surface area contributed by atoms with Gasteiger partial charge >= 0.3 is 0 Å². The number of halogens is 1. The average molecular weight is 177 g/mol. The normalized spacial score (nSPS) is 37.9. The highest BCUT2D eigenvalue weighted by atomic mass is 35.5. The molecule has 0 aromatic carbocycles. The second-order valence-corrected chi connectivity index (χ2v) is 4.95. The van der Waals surface area contributed by atoms with E-state index in [9.17, 15) is 5.11 Å². The summed E-state index contributed by atoms with van der Waals surface area (Å²) in [7, 11) is 0. The predicted octanol–water partition coefficient (Wildman–Crippen LogP) is 2.27. The van der Waals surface area contributed by atoms with Crippen LogP contribution < -0.4 is 0 Å². The van der Waals surface area contributed by atoms with Crippen molar-refractivity contribution in [2.45, 2.75) is 38.7 Å². The zero-order valence-electron chi connectivity index (χ0n) is 7.63. The Kier molecular flexibility index (Phi) is 2.24. The Morgan fingerprint density at radius 2 is 1.82 bits per heavy atom. The SMILES string of the molecule is CC(C)C1C(Cl)C1C(C)(C)O. The fourth-order valence-electron chi connectivity index (χ4n) is 1.94. The van der Waals surface area contributed by atoms with Crippen LogP contribution in [0.5, 0.6) is 0 Å². The van der Waals surface area contributed by atoms with Crippen LogP contribution in [0.3, 0.4) is 0 Å². The molecule has 0 aromatic rings. The first-order valence-corrected chi connectivity index (χ1v) is 4.65. The van der Waals surface area contributed by atoms with Gasteiger partial charge in [-0.15, -0.1) is 11.6 Å². The maximum Gasteiger partial charge on any atom is 0.0637 e. The Morgan fingerprint density at radius 3 is 1.91 bits per heavy atom. The molecule has 1 rings (SSSR count). The van der Waals surface area contributed by atoms with Gasteiger partial charge < -0.3 is 5.11 Å². The largest absolute Gasteiger partial charge is 0.390 e. The molecule has 0 spiro atoms. The summed E-state index contributed by atoms with van der Waals surface area (Å²) in [4.78, 5) is 0. The highest BCUT2D eigenvalue weighted by Crippen LogP contribution is 2.54. The minimum atomic E-state index is -0.596. The quantitative estimate of drug-likeness (QED) is 0.641. The van der Waals surface area contributed by atoms with Gasteiger partial charge in [-0.1, -0.05) is 13.8 Å². The topological polar surface area (TPSA) is 20.2 Å². The van der Waals surface area contributed by atoms with Crippen LogP contribution in [-0.2, 0) is 0 Å². The molecule has 1 saturated carbocycles. The zero-order valence-corrected chi connectivity index (χ0v) is 8.39. The van der Waals surface area contributed by atoms with E-state index in [4.69, 9.17) is 11.6 Å². The van der Waals surface area contributed by atoms with Crippen molar-refractivity contribution in [3.8, 4) is 0 Å². The number of hydrogen-bond acceptors (Lipinski definition) is 1. The van der Waals surface area contributed by atoms with E-state index < -0.39 is 5.60 Å². The lowest BCUT2D eigenvalue weighted by Crippen LogP contribution is -2.24. The molecular formula is C9H17ClO. The van der Waals surface area contributed by atoms with Gasteiger partial charge in [0.15, 0.2) is 0 Å². The smallest absolute Gasteiger partial charge is 0.0637 e. The van der Waals surface area contributed by atoms with E-state index in [-0.39, 0.29) is 5.38 Å². The van der Waals surface area contributed by atoms with Gasteiger partial charge in [0.2, 0.25) is 0 Å². The van der Waals surface area contributed by atoms with Crippen LogP contribution in [0.2, 0.25) is 0 Å². The summed E-state index contributed by atoms with van der Waals surface area (Å²) >= 11 is 6.04. The molecule has 0 radical (unpaired) electrons. The molecule has 11 heavy (non-hydrogen) atoms. The van der Waals surface area contributed by atoms with Gasteiger partial charge in [0, 0.05) is 11.3 Å². The molecule has 66 valence electrons. The van der Waals surface area contributed by atoms with E-state index in [1.165, 1.54) is 0 Å². The Balaban J connectivity index is 2.55. The summed E-state index contributed by atoms with van der Waals surface area (Å²) in [5, 5.41) is 9.85. The van der Waals surface area contributed by atoms with Gasteiger partial charge in [-0.3, -0.25) is 0 Å². The molecule has 1 nitrogen and oxygen atoms in total. The van der Waals surface area contributed by atoms with Crippen LogP contribution in [0.25, 0.3) is 0 Å². The van der Waals surface area contributed by atoms with Gasteiger partial charge in [-0.05, 0) is 25.7 Å². The van der Waals surface area contributed by atoms with Crippen molar-refractivity contribution in [3.05, 3.63) is 0 Å². The Bertz CT molecular complexity index is 148. The van der Waals surface area contributed by atoms with E-state index in [1.54, 1.807) is 0 Å². The lowest BCUT2D eigenvalue weighted by atomic mass is 9.97. The van der Waals surface area contributed by atoms with E-state index in [0.29, 0.717) is 17.8 Å². The standard InChI is InChI=1S/C9H17ClO/c1-5(2)6-7(8(6)10)9(3,4)11/h5-8,11H,1-4H3. The molecule has 0 saturated heterocycles. The summed E-state index contributed by atoms with van der Waals surface area (Å²) < 4.78 is 0. The summed E-state index contributed by atoms with van der Waals surface area (Å²) in [6.45, 7) is 8.00. The summed E-state index contributed by atoms with van der Waals surface area (Å²) in [5.41, 5.74) is -0.596. The van der Waals surface area contributed by atoms with Crippen LogP contribution in [0, 0.1) is 17.8 Å². The number of hydrogen-bond donors (Lipinski definition) is 1. The van der Waals surface area contributed by atoms with Crippen LogP contribution >= 0.6 is 11.6 Å². The van der Waals surface area contributed by atoms with Crippen LogP contribution in [-0.4, -0.2) is 16.1 Å². The maximum atomic E-state index is 9.66. The van der Waals surface area contributed by atoms with Crippen molar-refractivity contribution in [2.75, 3.05) is 0 Å². The molecule has 3 unspecified atom stereocenters. The van der Waals surface area contributed by atoms with Crippen molar-refractivity contribution >= 4 is 11.6 Å². The Hall–Kier alpha value is 0.250. The first kappa shape index (κ1) is 9.34. The van der Waals surface area contributed by atoms with Gasteiger partial charge in [-0.2, -0.15) is 0 Å². The van der Waals surface area contributed by atoms with Crippen molar-refractivity contribution in [3.63, 3.8) is 0 Å². The third kappa shape index (κ3) is 1.70. The highest BCUT2D eigenvalue weighted by Gasteiger charge is 2.57. The second-order valence-electron chi connectivity index (χ2n) is 4.45. The Labute approximate surface area is 73.8 Å². The van der Waals surface area contributed by atoms with Gasteiger partial charge in [0.1, 0.15) is 0 Å². The molecule has 0 amide bonds. The third-order valence-electron chi connectivity index (χ3n) is 2.57. The maximum absolute atomic E-state index is 9.66. The molecule has 1 aliphatic rings. The van der Waals surface area contributed by atoms with Gasteiger partial charge in [0.25, 0.3) is 0 Å². The van der Waals surface area contributed by atoms with E-state index >= 15 is 0 Å². The van der Waals surface area contributed by atoms with Crippen LogP contribution in [0.4, 0.5) is 0 Å². The van der Waals surface area contributed by atoms with E-state index in [2.05, 4.69) is 13.8 Å². The van der Waals surface area contributed by atoms with Crippen molar-refractivity contribution in [2.24, 2.45) is 17.8 Å². The molecule has 1 fully saturated rings. The highest BCUT2D eigenvalue weighted by molar-refractivity contribution is 6.23. The molecule has 0 bridgehead atoms. The summed E-state index contributed by atoms with van der Waals surface area (Å²) in [5.74, 6) is 1.40. The second kappa shape index (κ2) is 2.63. The third-order valence-corrected chi connectivity index (χ3v) is 3.13. The van der Waals surface area contributed by atoms with Crippen molar-refractivity contribution in [1.82, 2.24) is 0 Å². The van der Waals surface area contributed by atoms with Crippen molar-refractivity contribution in [1.29, 1.82) is 0 Å². The minimum Gasteiger partial charge on any atom is -0.390 e. The predicted molar refractivity (Wildman–Crippen MR) is 47.8 cm³/mol. The summed E-state index contributed by atoms with van der Waals surface area (Å²) in [6.07, 6.45) is 0. The van der Waals surface area contributed by atoms with Crippen LogP contribution in [0.15, 0.2) is 0 Å². The molecule has 1 N–H and O–H groups in total. The molecule has 1 aliphatic carbocycles. The zero-order chi connectivity index (χ0) is 8.81. The van der Waals surface area contributed by atoms with Gasteiger partial charge in [0.05, 0.1) is 5.60 Å². The minimum absolute atomic E-state index is 0.190. The van der Waals surface area contributed by atoms with Crippen LogP contribution in [0.1, 0.15) is 27.7 Å². The fourth-order valence-corrected chi connectivity index (χ4v) is 2.78. The summed E-state index contributed by atoms with van der Waals surface area (Å²) in [6, 6.07) is 0. The number of aliphatic hydroxyl groups is 1. The fraction of sp³-hybridized carbons (Fsp3) is 1.00. The molecule has 0 aromatic heterocycles. The molecule has 0 aliphatic heterocycles. The monoisotopic (exact) mass is 176 g/mol. The molecule has 3 atom stereocenters. The molecular weight excluding hydrogens is 160 g/mol. The number of alkyl halides is 1. The van der Waals surface area contributed by atoms with Gasteiger partial charge in [-0.25, -0.2) is 0 Å².